The molecule has 1 atom stereocenters. The van der Waals surface area contributed by atoms with E-state index in [-0.39, 0.29) is 10.4 Å². The van der Waals surface area contributed by atoms with Crippen molar-refractivity contribution in [2.75, 3.05) is 17.6 Å². The minimum Gasteiger partial charge on any atom is -0.377 e. The third-order valence-electron chi connectivity index (χ3n) is 3.02. The minimum atomic E-state index is -0.412. The lowest BCUT2D eigenvalue weighted by molar-refractivity contribution is -0.384. The van der Waals surface area contributed by atoms with Gasteiger partial charge in [0.1, 0.15) is 11.9 Å². The predicted molar refractivity (Wildman–Crippen MR) is 77.2 cm³/mol. The van der Waals surface area contributed by atoms with Crippen LogP contribution in [0.5, 0.6) is 0 Å². The third kappa shape index (κ3) is 2.95. The van der Waals surface area contributed by atoms with E-state index in [0.29, 0.717) is 10.2 Å². The number of hydrogen-bond donors (Lipinski definition) is 1. The number of nitro groups is 1. The van der Waals surface area contributed by atoms with E-state index in [1.54, 1.807) is 6.20 Å². The summed E-state index contributed by atoms with van der Waals surface area (Å²) >= 11 is 5.23. The summed E-state index contributed by atoms with van der Waals surface area (Å²) in [6, 6.07) is 0. The molecule has 1 aromatic rings. The summed E-state index contributed by atoms with van der Waals surface area (Å²) in [7, 11) is 0. The second kappa shape index (κ2) is 5.44. The van der Waals surface area contributed by atoms with Gasteiger partial charge in [0.15, 0.2) is 0 Å². The van der Waals surface area contributed by atoms with Crippen molar-refractivity contribution in [2.45, 2.75) is 24.5 Å². The maximum absolute atomic E-state index is 10.9. The van der Waals surface area contributed by atoms with Crippen molar-refractivity contribution in [3.63, 3.8) is 0 Å². The molecule has 0 bridgehead atoms. The lowest BCUT2D eigenvalue weighted by atomic mass is 10.1. The first-order valence-electron chi connectivity index (χ1n) is 5.67. The smallest absolute Gasteiger partial charge is 0.311 e. The Labute approximate surface area is 118 Å². The van der Waals surface area contributed by atoms with Crippen molar-refractivity contribution >= 4 is 39.1 Å². The minimum absolute atomic E-state index is 0.0102. The first-order valence-corrected chi connectivity index (χ1v) is 7.45. The van der Waals surface area contributed by atoms with Crippen molar-refractivity contribution in [1.82, 2.24) is 4.98 Å². The van der Waals surface area contributed by atoms with Crippen LogP contribution in [0.4, 0.5) is 11.4 Å². The number of rotatable bonds is 4. The molecule has 1 fully saturated rings. The van der Waals surface area contributed by atoms with Gasteiger partial charge >= 0.3 is 5.69 Å². The predicted octanol–water partition coefficient (Wildman–Crippen LogP) is 3.45. The summed E-state index contributed by atoms with van der Waals surface area (Å²) in [5.41, 5.74) is 0.527. The molecular formula is C11H14BrN3O2S. The average molecular weight is 332 g/mol. The summed E-state index contributed by atoms with van der Waals surface area (Å²) in [5.74, 6) is 1.16. The fourth-order valence-electron chi connectivity index (χ4n) is 1.99. The molecule has 0 aliphatic carbocycles. The zero-order valence-corrected chi connectivity index (χ0v) is 12.4. The number of nitrogens with zero attached hydrogens (tertiary/aromatic N) is 2. The van der Waals surface area contributed by atoms with Crippen LogP contribution in [0.15, 0.2) is 16.9 Å². The van der Waals surface area contributed by atoms with E-state index in [4.69, 9.17) is 0 Å². The maximum Gasteiger partial charge on any atom is 0.311 e. The second-order valence-corrected chi connectivity index (χ2v) is 7.06. The van der Waals surface area contributed by atoms with Gasteiger partial charge in [-0.1, -0.05) is 0 Å². The molecule has 2 rings (SSSR count). The van der Waals surface area contributed by atoms with E-state index in [9.17, 15) is 10.1 Å². The van der Waals surface area contributed by atoms with Crippen molar-refractivity contribution in [3.05, 3.63) is 27.0 Å². The molecule has 0 saturated carbocycles. The number of hydrogen-bond acceptors (Lipinski definition) is 5. The summed E-state index contributed by atoms with van der Waals surface area (Å²) in [6.07, 6.45) is 5.19. The number of thioether (sulfide) groups is 1. The van der Waals surface area contributed by atoms with Gasteiger partial charge < -0.3 is 5.32 Å². The SMILES string of the molecule is CC1(CNc2c(Br)cncc2[N+](=O)[O-])CCCS1. The molecule has 0 radical (unpaired) electrons. The van der Waals surface area contributed by atoms with Crippen molar-refractivity contribution in [2.24, 2.45) is 0 Å². The highest BCUT2D eigenvalue weighted by molar-refractivity contribution is 9.10. The number of nitrogens with one attached hydrogen (secondary N) is 1. The monoisotopic (exact) mass is 331 g/mol. The molecule has 1 N–H and O–H groups in total. The largest absolute Gasteiger partial charge is 0.377 e. The lowest BCUT2D eigenvalue weighted by Crippen LogP contribution is -2.27. The van der Waals surface area contributed by atoms with Crippen molar-refractivity contribution in [1.29, 1.82) is 0 Å². The lowest BCUT2D eigenvalue weighted by Gasteiger charge is -2.23. The molecule has 2 heterocycles. The number of aromatic nitrogens is 1. The van der Waals surface area contributed by atoms with E-state index in [2.05, 4.69) is 33.2 Å². The van der Waals surface area contributed by atoms with Crippen LogP contribution in [0, 0.1) is 10.1 Å². The van der Waals surface area contributed by atoms with Gasteiger partial charge in [-0.15, -0.1) is 0 Å². The Morgan fingerprint density at radius 3 is 3.06 bits per heavy atom. The highest BCUT2D eigenvalue weighted by Crippen LogP contribution is 2.39. The fraction of sp³-hybridized carbons (Fsp3) is 0.545. The summed E-state index contributed by atoms with van der Waals surface area (Å²) < 4.78 is 0.791. The average Bonchev–Trinajstić information content (AvgIpc) is 2.74. The quantitative estimate of drug-likeness (QED) is 0.676. The molecule has 0 spiro atoms. The highest BCUT2D eigenvalue weighted by atomic mass is 79.9. The van der Waals surface area contributed by atoms with Crippen molar-refractivity contribution in [3.8, 4) is 0 Å². The summed E-state index contributed by atoms with van der Waals surface area (Å²) in [5, 5.41) is 14.1. The third-order valence-corrected chi connectivity index (χ3v) is 5.16. The van der Waals surface area contributed by atoms with Crippen LogP contribution < -0.4 is 5.32 Å². The number of pyridine rings is 1. The van der Waals surface area contributed by atoms with E-state index < -0.39 is 4.92 Å². The Hall–Kier alpha value is -0.820. The van der Waals surface area contributed by atoms with E-state index >= 15 is 0 Å². The van der Waals surface area contributed by atoms with Crippen LogP contribution in [-0.2, 0) is 0 Å². The molecule has 1 aliphatic rings. The molecular weight excluding hydrogens is 318 g/mol. The Morgan fingerprint density at radius 2 is 2.44 bits per heavy atom. The topological polar surface area (TPSA) is 68.1 Å². The molecule has 1 aromatic heterocycles. The molecule has 1 aliphatic heterocycles. The van der Waals surface area contributed by atoms with E-state index in [1.807, 2.05) is 11.8 Å². The molecule has 7 heteroatoms. The van der Waals surface area contributed by atoms with Gasteiger partial charge in [0.2, 0.25) is 0 Å². The normalized spacial score (nSPS) is 23.0. The van der Waals surface area contributed by atoms with E-state index in [0.717, 1.165) is 18.7 Å². The molecule has 5 nitrogen and oxygen atoms in total. The molecule has 0 aromatic carbocycles. The summed E-state index contributed by atoms with van der Waals surface area (Å²) in [4.78, 5) is 14.4. The Bertz CT molecular complexity index is 464. The number of halogens is 1. The second-order valence-electron chi connectivity index (χ2n) is 4.53. The first kappa shape index (κ1) is 13.6. The van der Waals surface area contributed by atoms with Crippen molar-refractivity contribution < 1.29 is 4.92 Å². The van der Waals surface area contributed by atoms with Gasteiger partial charge in [0.25, 0.3) is 0 Å². The van der Waals surface area contributed by atoms with Crippen LogP contribution in [-0.4, -0.2) is 27.0 Å². The molecule has 98 valence electrons. The van der Waals surface area contributed by atoms with E-state index in [1.165, 1.54) is 12.6 Å². The van der Waals surface area contributed by atoms with Crippen LogP contribution in [0.1, 0.15) is 19.8 Å². The Kier molecular flexibility index (Phi) is 4.11. The molecule has 1 unspecified atom stereocenters. The Morgan fingerprint density at radius 1 is 1.67 bits per heavy atom. The van der Waals surface area contributed by atoms with Gasteiger partial charge in [-0.3, -0.25) is 15.1 Å². The summed E-state index contributed by atoms with van der Waals surface area (Å²) in [6.45, 7) is 2.92. The van der Waals surface area contributed by atoms with Crippen LogP contribution >= 0.6 is 27.7 Å². The van der Waals surface area contributed by atoms with Crippen LogP contribution in [0.25, 0.3) is 0 Å². The maximum atomic E-state index is 10.9. The van der Waals surface area contributed by atoms with Crippen LogP contribution in [0.3, 0.4) is 0 Å². The van der Waals surface area contributed by atoms with Gasteiger partial charge in [0.05, 0.1) is 9.40 Å². The van der Waals surface area contributed by atoms with Gasteiger partial charge in [-0.25, -0.2) is 0 Å². The standard InChI is InChI=1S/C11H14BrN3O2S/c1-11(3-2-4-18-11)7-14-10-8(12)5-13-6-9(10)15(16)17/h5-6H,2-4,7H2,1H3,(H,13,14). The fourth-order valence-corrected chi connectivity index (χ4v) is 3.70. The number of anilines is 1. The Balaban J connectivity index is 2.15. The highest BCUT2D eigenvalue weighted by Gasteiger charge is 2.30. The molecule has 0 amide bonds. The van der Waals surface area contributed by atoms with Crippen LogP contribution in [0.2, 0.25) is 0 Å². The zero-order valence-electron chi connectivity index (χ0n) is 9.98. The first-order chi connectivity index (χ1) is 8.52. The van der Waals surface area contributed by atoms with Gasteiger partial charge in [0, 0.05) is 17.5 Å². The molecule has 1 saturated heterocycles. The van der Waals surface area contributed by atoms with Gasteiger partial charge in [-0.05, 0) is 41.4 Å². The zero-order chi connectivity index (χ0) is 13.2. The molecule has 18 heavy (non-hydrogen) atoms. The van der Waals surface area contributed by atoms with Gasteiger partial charge in [-0.2, -0.15) is 11.8 Å².